The molecule has 9 heteroatoms. The fourth-order valence-corrected chi connectivity index (χ4v) is 3.50. The van der Waals surface area contributed by atoms with E-state index in [1.165, 1.54) is 32.5 Å². The molecule has 0 bridgehead atoms. The summed E-state index contributed by atoms with van der Waals surface area (Å²) in [5.74, 6) is -0.432. The Kier molecular flexibility index (Phi) is 5.71. The molecule has 0 saturated carbocycles. The second kappa shape index (κ2) is 7.61. The Morgan fingerprint density at radius 2 is 1.88 bits per heavy atom. The molecule has 2 rings (SSSR count). The van der Waals surface area contributed by atoms with E-state index in [9.17, 15) is 18.0 Å². The number of ether oxygens (including phenoxy) is 2. The van der Waals surface area contributed by atoms with Crippen molar-refractivity contribution in [3.8, 4) is 5.75 Å². The van der Waals surface area contributed by atoms with Crippen LogP contribution >= 0.6 is 0 Å². The van der Waals surface area contributed by atoms with Gasteiger partial charge in [-0.15, -0.1) is 0 Å². The van der Waals surface area contributed by atoms with Gasteiger partial charge in [-0.05, 0) is 43.2 Å². The minimum atomic E-state index is -4.09. The van der Waals surface area contributed by atoms with Crippen molar-refractivity contribution >= 4 is 16.0 Å². The molecule has 2 aromatic rings. The second-order valence-corrected chi connectivity index (χ2v) is 7.28. The molecule has 0 radical (unpaired) electrons. The van der Waals surface area contributed by atoms with E-state index < -0.39 is 21.6 Å². The van der Waals surface area contributed by atoms with E-state index >= 15 is 0 Å². The standard InChI is InChI=1S/C17H20N2O6S/c1-11-5-6-15(14(9-11)24-3)26(22,23)18-19-8-7-12(2)13(17(19)21)10-16(20)25-4/h5-9,18H,10H2,1-4H3. The van der Waals surface area contributed by atoms with Crippen LogP contribution in [0.2, 0.25) is 0 Å². The zero-order valence-electron chi connectivity index (χ0n) is 14.9. The highest BCUT2D eigenvalue weighted by molar-refractivity contribution is 7.92. The van der Waals surface area contributed by atoms with Gasteiger partial charge in [0.2, 0.25) is 0 Å². The number of carbonyl (C=O) groups is 1. The Morgan fingerprint density at radius 1 is 1.19 bits per heavy atom. The molecule has 0 atom stereocenters. The summed E-state index contributed by atoms with van der Waals surface area (Å²) >= 11 is 0. The molecule has 8 nitrogen and oxygen atoms in total. The lowest BCUT2D eigenvalue weighted by Crippen LogP contribution is -2.35. The minimum absolute atomic E-state index is 0.104. The van der Waals surface area contributed by atoms with E-state index in [1.54, 1.807) is 26.0 Å². The Morgan fingerprint density at radius 3 is 2.50 bits per heavy atom. The molecule has 1 aromatic heterocycles. The first-order valence-corrected chi connectivity index (χ1v) is 9.13. The van der Waals surface area contributed by atoms with Crippen LogP contribution in [0.4, 0.5) is 0 Å². The second-order valence-electron chi connectivity index (χ2n) is 5.65. The van der Waals surface area contributed by atoms with Crippen molar-refractivity contribution in [3.63, 3.8) is 0 Å². The van der Waals surface area contributed by atoms with Gasteiger partial charge in [0.05, 0.1) is 20.6 Å². The van der Waals surface area contributed by atoms with Crippen LogP contribution < -0.4 is 15.1 Å². The highest BCUT2D eigenvalue weighted by Crippen LogP contribution is 2.24. The molecule has 0 spiro atoms. The van der Waals surface area contributed by atoms with E-state index in [4.69, 9.17) is 4.74 Å². The van der Waals surface area contributed by atoms with Crippen molar-refractivity contribution in [1.29, 1.82) is 0 Å². The zero-order valence-corrected chi connectivity index (χ0v) is 15.7. The smallest absolute Gasteiger partial charge is 0.310 e. The summed E-state index contributed by atoms with van der Waals surface area (Å²) in [7, 11) is -1.51. The molecule has 0 aliphatic heterocycles. The average molecular weight is 380 g/mol. The number of sulfonamides is 1. The number of carbonyl (C=O) groups excluding carboxylic acids is 1. The third kappa shape index (κ3) is 4.05. The fourth-order valence-electron chi connectivity index (χ4n) is 2.35. The van der Waals surface area contributed by atoms with Crippen LogP contribution in [0.3, 0.4) is 0 Å². The number of rotatable bonds is 6. The zero-order chi connectivity index (χ0) is 19.5. The van der Waals surface area contributed by atoms with Gasteiger partial charge in [0.25, 0.3) is 15.6 Å². The number of pyridine rings is 1. The van der Waals surface area contributed by atoms with E-state index in [1.807, 2.05) is 0 Å². The topological polar surface area (TPSA) is 104 Å². The molecule has 0 unspecified atom stereocenters. The summed E-state index contributed by atoms with van der Waals surface area (Å²) in [5, 5.41) is 0. The Balaban J connectivity index is 2.46. The summed E-state index contributed by atoms with van der Waals surface area (Å²) in [6.07, 6.45) is 1.04. The summed E-state index contributed by atoms with van der Waals surface area (Å²) in [6, 6.07) is 6.13. The molecule has 0 fully saturated rings. The maximum atomic E-state index is 12.7. The Hall–Kier alpha value is -2.81. The summed E-state index contributed by atoms with van der Waals surface area (Å²) in [4.78, 5) is 26.1. The number of hydrogen-bond acceptors (Lipinski definition) is 6. The molecule has 0 saturated heterocycles. The first kappa shape index (κ1) is 19.5. The molecule has 1 aromatic carbocycles. The predicted molar refractivity (Wildman–Crippen MR) is 95.4 cm³/mol. The summed E-state index contributed by atoms with van der Waals surface area (Å²) < 4.78 is 35.9. The Labute approximate surface area is 151 Å². The van der Waals surface area contributed by atoms with Crippen molar-refractivity contribution in [2.75, 3.05) is 19.1 Å². The van der Waals surface area contributed by atoms with Gasteiger partial charge < -0.3 is 9.47 Å². The predicted octanol–water partition coefficient (Wildman–Crippen LogP) is 1.12. The number of methoxy groups -OCH3 is 2. The molecule has 0 amide bonds. The normalized spacial score (nSPS) is 11.1. The first-order chi connectivity index (χ1) is 12.2. The van der Waals surface area contributed by atoms with Crippen LogP contribution in [0, 0.1) is 13.8 Å². The largest absolute Gasteiger partial charge is 0.495 e. The number of nitrogens with one attached hydrogen (secondary N) is 1. The van der Waals surface area contributed by atoms with Crippen LogP contribution in [0.5, 0.6) is 5.75 Å². The Bertz CT molecular complexity index is 995. The summed E-state index contributed by atoms with van der Waals surface area (Å²) in [5.41, 5.74) is 0.889. The quantitative estimate of drug-likeness (QED) is 0.753. The van der Waals surface area contributed by atoms with Gasteiger partial charge in [-0.1, -0.05) is 6.07 Å². The van der Waals surface area contributed by atoms with Gasteiger partial charge in [-0.2, -0.15) is 8.42 Å². The van der Waals surface area contributed by atoms with E-state index in [2.05, 4.69) is 9.57 Å². The van der Waals surface area contributed by atoms with Gasteiger partial charge in [0, 0.05) is 11.8 Å². The molecule has 26 heavy (non-hydrogen) atoms. The highest BCUT2D eigenvalue weighted by atomic mass is 32.2. The SMILES string of the molecule is COC(=O)Cc1c(C)ccn(NS(=O)(=O)c2ccc(C)cc2OC)c1=O. The summed E-state index contributed by atoms with van der Waals surface area (Å²) in [6.45, 7) is 3.46. The molecular formula is C17H20N2O6S. The number of aromatic nitrogens is 1. The van der Waals surface area contributed by atoms with Crippen LogP contribution in [0.1, 0.15) is 16.7 Å². The van der Waals surface area contributed by atoms with E-state index in [0.29, 0.717) is 5.56 Å². The monoisotopic (exact) mass is 380 g/mol. The molecule has 1 heterocycles. The third-order valence-electron chi connectivity index (χ3n) is 3.80. The van der Waals surface area contributed by atoms with E-state index in [0.717, 1.165) is 10.2 Å². The van der Waals surface area contributed by atoms with Gasteiger partial charge >= 0.3 is 5.97 Å². The van der Waals surface area contributed by atoms with Gasteiger partial charge in [0.1, 0.15) is 10.6 Å². The van der Waals surface area contributed by atoms with Crippen molar-refractivity contribution in [1.82, 2.24) is 4.68 Å². The lowest BCUT2D eigenvalue weighted by molar-refractivity contribution is -0.139. The van der Waals surface area contributed by atoms with Crippen LogP contribution in [0.25, 0.3) is 0 Å². The average Bonchev–Trinajstić information content (AvgIpc) is 2.60. The van der Waals surface area contributed by atoms with Crippen LogP contribution in [0.15, 0.2) is 40.2 Å². The van der Waals surface area contributed by atoms with Gasteiger partial charge in [-0.3, -0.25) is 9.59 Å². The molecule has 0 aliphatic rings. The molecule has 1 N–H and O–H groups in total. The molecule has 140 valence electrons. The number of hydrogen-bond donors (Lipinski definition) is 1. The van der Waals surface area contributed by atoms with Gasteiger partial charge in [0.15, 0.2) is 0 Å². The molecule has 0 aliphatic carbocycles. The first-order valence-electron chi connectivity index (χ1n) is 7.65. The molecular weight excluding hydrogens is 360 g/mol. The van der Waals surface area contributed by atoms with Crippen LogP contribution in [-0.2, 0) is 26.0 Å². The van der Waals surface area contributed by atoms with Crippen molar-refractivity contribution in [2.24, 2.45) is 0 Å². The fraction of sp³-hybridized carbons (Fsp3) is 0.294. The van der Waals surface area contributed by atoms with E-state index in [-0.39, 0.29) is 22.6 Å². The highest BCUT2D eigenvalue weighted by Gasteiger charge is 2.21. The van der Waals surface area contributed by atoms with Crippen LogP contribution in [-0.4, -0.2) is 33.3 Å². The number of benzene rings is 1. The number of nitrogens with zero attached hydrogens (tertiary/aromatic N) is 1. The van der Waals surface area contributed by atoms with Gasteiger partial charge in [-0.25, -0.2) is 9.51 Å². The maximum Gasteiger partial charge on any atom is 0.310 e. The minimum Gasteiger partial charge on any atom is -0.495 e. The van der Waals surface area contributed by atoms with Crippen molar-refractivity contribution in [2.45, 2.75) is 25.2 Å². The third-order valence-corrected chi connectivity index (χ3v) is 5.16. The van der Waals surface area contributed by atoms with Crippen molar-refractivity contribution in [3.05, 3.63) is 57.5 Å². The lowest BCUT2D eigenvalue weighted by atomic mass is 10.1. The lowest BCUT2D eigenvalue weighted by Gasteiger charge is -2.15. The number of aryl methyl sites for hydroxylation is 2. The van der Waals surface area contributed by atoms with Crippen molar-refractivity contribution < 1.29 is 22.7 Å². The number of esters is 1. The maximum absolute atomic E-state index is 12.7.